The largest absolute Gasteiger partial charge is 0.337 e. The number of carbonyl (C=O) groups is 2. The average Bonchev–Trinajstić information content (AvgIpc) is 2.53. The summed E-state index contributed by atoms with van der Waals surface area (Å²) < 4.78 is 0. The first-order valence-electron chi connectivity index (χ1n) is 9.79. The highest BCUT2D eigenvalue weighted by Crippen LogP contribution is 2.33. The number of carbonyl (C=O) groups excluding carboxylic acids is 2. The minimum absolute atomic E-state index is 0.174. The van der Waals surface area contributed by atoms with Gasteiger partial charge in [0, 0.05) is 20.4 Å². The highest BCUT2D eigenvalue weighted by atomic mass is 16.2. The number of hydrogen-bond acceptors (Lipinski definition) is 2. The Kier molecular flexibility index (Phi) is 7.05. The molecule has 0 radical (unpaired) electrons. The van der Waals surface area contributed by atoms with Gasteiger partial charge in [-0.2, -0.15) is 0 Å². The van der Waals surface area contributed by atoms with Crippen LogP contribution in [0.1, 0.15) is 41.0 Å². The molecule has 142 valence electrons. The van der Waals surface area contributed by atoms with E-state index < -0.39 is 0 Å². The van der Waals surface area contributed by atoms with Gasteiger partial charge in [0.2, 0.25) is 11.8 Å². The van der Waals surface area contributed by atoms with E-state index in [1.807, 2.05) is 4.90 Å². The van der Waals surface area contributed by atoms with Crippen molar-refractivity contribution in [3.05, 3.63) is 11.6 Å². The van der Waals surface area contributed by atoms with E-state index in [2.05, 4.69) is 31.7 Å². The quantitative estimate of drug-likeness (QED) is 0.746. The lowest BCUT2D eigenvalue weighted by Crippen LogP contribution is -3.15. The second-order valence-corrected chi connectivity index (χ2v) is 8.19. The molecule has 0 spiro atoms. The van der Waals surface area contributed by atoms with Gasteiger partial charge < -0.3 is 14.7 Å². The van der Waals surface area contributed by atoms with Crippen LogP contribution >= 0.6 is 0 Å². The molecule has 1 heterocycles. The highest BCUT2D eigenvalue weighted by Gasteiger charge is 2.30. The molecule has 1 N–H and O–H groups in total. The molecule has 2 aliphatic rings. The average molecular weight is 351 g/mol. The third-order valence-corrected chi connectivity index (χ3v) is 6.13. The Morgan fingerprint density at radius 2 is 1.88 bits per heavy atom. The van der Waals surface area contributed by atoms with Crippen LogP contribution in [0.25, 0.3) is 0 Å². The lowest BCUT2D eigenvalue weighted by atomic mass is 9.75. The predicted molar refractivity (Wildman–Crippen MR) is 100 cm³/mol. The van der Waals surface area contributed by atoms with Crippen molar-refractivity contribution in [2.75, 3.05) is 45.8 Å². The van der Waals surface area contributed by atoms with Gasteiger partial charge in [0.15, 0.2) is 0 Å². The van der Waals surface area contributed by atoms with Gasteiger partial charge in [-0.05, 0) is 31.1 Å². The molecule has 2 amide bonds. The molecule has 0 aromatic rings. The van der Waals surface area contributed by atoms with Gasteiger partial charge >= 0.3 is 0 Å². The molecule has 1 aliphatic heterocycles. The van der Waals surface area contributed by atoms with Gasteiger partial charge in [0.25, 0.3) is 0 Å². The molecule has 0 aromatic heterocycles. The summed E-state index contributed by atoms with van der Waals surface area (Å²) in [5.41, 5.74) is 1.48. The standard InChI is InChI=1S/C20H35N3O2/c1-15-12-16(2)20(17(3)13-15)14-23(19(5)25)11-8-21-6-9-22(10-7-21)18(4)24/h12,16-17,20H,6-11,13-14H2,1-5H3/p+1/t16-,17+,20+/m1/s1. The summed E-state index contributed by atoms with van der Waals surface area (Å²) in [6, 6.07) is 0. The monoisotopic (exact) mass is 350 g/mol. The van der Waals surface area contributed by atoms with Crippen molar-refractivity contribution in [3.63, 3.8) is 0 Å². The second-order valence-electron chi connectivity index (χ2n) is 8.19. The summed E-state index contributed by atoms with van der Waals surface area (Å²) in [6.07, 6.45) is 3.54. The number of nitrogens with one attached hydrogen (secondary N) is 1. The van der Waals surface area contributed by atoms with Gasteiger partial charge in [0.1, 0.15) is 0 Å². The van der Waals surface area contributed by atoms with E-state index in [1.54, 1.807) is 13.8 Å². The van der Waals surface area contributed by atoms with Gasteiger partial charge in [-0.3, -0.25) is 9.59 Å². The number of piperazine rings is 1. The fourth-order valence-corrected chi connectivity index (χ4v) is 4.48. The van der Waals surface area contributed by atoms with Crippen molar-refractivity contribution in [1.29, 1.82) is 0 Å². The van der Waals surface area contributed by atoms with Crippen LogP contribution in [0.15, 0.2) is 11.6 Å². The van der Waals surface area contributed by atoms with Crippen molar-refractivity contribution < 1.29 is 14.5 Å². The highest BCUT2D eigenvalue weighted by molar-refractivity contribution is 5.73. The van der Waals surface area contributed by atoms with E-state index in [9.17, 15) is 9.59 Å². The number of rotatable bonds is 5. The molecule has 0 saturated carbocycles. The zero-order valence-corrected chi connectivity index (χ0v) is 16.7. The molecule has 0 bridgehead atoms. The van der Waals surface area contributed by atoms with Crippen molar-refractivity contribution in [2.45, 2.75) is 41.0 Å². The Morgan fingerprint density at radius 1 is 1.24 bits per heavy atom. The van der Waals surface area contributed by atoms with Gasteiger partial charge in [-0.25, -0.2) is 0 Å². The molecule has 1 fully saturated rings. The molecule has 2 rings (SSSR count). The van der Waals surface area contributed by atoms with Crippen LogP contribution in [0.3, 0.4) is 0 Å². The van der Waals surface area contributed by atoms with Crippen LogP contribution in [-0.4, -0.2) is 67.4 Å². The fourth-order valence-electron chi connectivity index (χ4n) is 4.48. The van der Waals surface area contributed by atoms with Crippen molar-refractivity contribution >= 4 is 11.8 Å². The summed E-state index contributed by atoms with van der Waals surface area (Å²) in [6.45, 7) is 16.5. The maximum Gasteiger partial charge on any atom is 0.219 e. The first-order chi connectivity index (χ1) is 11.8. The van der Waals surface area contributed by atoms with Gasteiger partial charge in [-0.1, -0.05) is 25.5 Å². The Labute approximate surface area is 153 Å². The number of hydrogen-bond donors (Lipinski definition) is 1. The Balaban J connectivity index is 1.85. The van der Waals surface area contributed by atoms with Gasteiger partial charge in [-0.15, -0.1) is 0 Å². The summed E-state index contributed by atoms with van der Waals surface area (Å²) in [5.74, 6) is 2.09. The Morgan fingerprint density at radius 3 is 2.40 bits per heavy atom. The van der Waals surface area contributed by atoms with E-state index in [0.717, 1.165) is 52.2 Å². The Bertz CT molecular complexity index is 509. The van der Waals surface area contributed by atoms with Crippen LogP contribution in [0.5, 0.6) is 0 Å². The second kappa shape index (κ2) is 8.84. The first kappa shape index (κ1) is 20.0. The third-order valence-electron chi connectivity index (χ3n) is 6.13. The van der Waals surface area contributed by atoms with Crippen LogP contribution < -0.4 is 4.90 Å². The van der Waals surface area contributed by atoms with Gasteiger partial charge in [0.05, 0.1) is 39.3 Å². The normalized spacial score (nSPS) is 27.8. The zero-order chi connectivity index (χ0) is 18.6. The van der Waals surface area contributed by atoms with E-state index >= 15 is 0 Å². The molecule has 5 nitrogen and oxygen atoms in total. The first-order valence-corrected chi connectivity index (χ1v) is 9.79. The Hall–Kier alpha value is -1.36. The van der Waals surface area contributed by atoms with E-state index in [1.165, 1.54) is 10.5 Å². The molecular formula is C20H36N3O2+. The maximum atomic E-state index is 12.2. The van der Waals surface area contributed by atoms with E-state index in [0.29, 0.717) is 17.8 Å². The SMILES string of the molecule is CC(=O)N1CC[NH+](CCN(C[C@H]2[C@H](C)C=C(C)C[C@@H]2C)C(C)=O)CC1. The molecule has 0 unspecified atom stereocenters. The van der Waals surface area contributed by atoms with Crippen LogP contribution in [-0.2, 0) is 9.59 Å². The van der Waals surface area contributed by atoms with E-state index in [4.69, 9.17) is 0 Å². The number of nitrogens with zero attached hydrogens (tertiary/aromatic N) is 2. The molecule has 5 heteroatoms. The lowest BCUT2D eigenvalue weighted by Gasteiger charge is -2.37. The van der Waals surface area contributed by atoms with E-state index in [-0.39, 0.29) is 11.8 Å². The fraction of sp³-hybridized carbons (Fsp3) is 0.800. The van der Waals surface area contributed by atoms with Crippen molar-refractivity contribution in [3.8, 4) is 0 Å². The minimum atomic E-state index is 0.174. The molecule has 3 atom stereocenters. The summed E-state index contributed by atoms with van der Waals surface area (Å²) in [4.78, 5) is 29.1. The summed E-state index contributed by atoms with van der Waals surface area (Å²) >= 11 is 0. The number of amides is 2. The summed E-state index contributed by atoms with van der Waals surface area (Å²) in [7, 11) is 0. The predicted octanol–water partition coefficient (Wildman–Crippen LogP) is 0.820. The lowest BCUT2D eigenvalue weighted by molar-refractivity contribution is -0.903. The molecular weight excluding hydrogens is 314 g/mol. The molecule has 1 saturated heterocycles. The minimum Gasteiger partial charge on any atom is -0.337 e. The molecule has 0 aromatic carbocycles. The van der Waals surface area contributed by atoms with Crippen molar-refractivity contribution in [2.24, 2.45) is 17.8 Å². The molecule has 1 aliphatic carbocycles. The van der Waals surface area contributed by atoms with Crippen molar-refractivity contribution in [1.82, 2.24) is 9.80 Å². The maximum absolute atomic E-state index is 12.2. The smallest absolute Gasteiger partial charge is 0.219 e. The summed E-state index contributed by atoms with van der Waals surface area (Å²) in [5, 5.41) is 0. The van der Waals surface area contributed by atoms with Crippen LogP contribution in [0.4, 0.5) is 0 Å². The topological polar surface area (TPSA) is 45.1 Å². The van der Waals surface area contributed by atoms with Crippen LogP contribution in [0, 0.1) is 17.8 Å². The third kappa shape index (κ3) is 5.56. The number of quaternary nitrogens is 1. The number of allylic oxidation sites excluding steroid dienone is 2. The molecule has 25 heavy (non-hydrogen) atoms. The van der Waals surface area contributed by atoms with Crippen LogP contribution in [0.2, 0.25) is 0 Å². The zero-order valence-electron chi connectivity index (χ0n) is 16.7.